The maximum absolute atomic E-state index is 11.8. The Kier molecular flexibility index (Phi) is 3.14. The van der Waals surface area contributed by atoms with Gasteiger partial charge in [-0.05, 0) is 34.8 Å². The van der Waals surface area contributed by atoms with Crippen molar-refractivity contribution >= 4 is 21.8 Å². The molecule has 1 amide bonds. The summed E-state index contributed by atoms with van der Waals surface area (Å²) < 4.78 is 6.31. The van der Waals surface area contributed by atoms with E-state index in [1.165, 1.54) is 4.90 Å². The van der Waals surface area contributed by atoms with Crippen LogP contribution in [0.2, 0.25) is 0 Å². The van der Waals surface area contributed by atoms with Crippen molar-refractivity contribution in [3.63, 3.8) is 0 Å². The molecule has 1 aromatic rings. The molecule has 1 heterocycles. The Hall–Kier alpha value is -1.10. The van der Waals surface area contributed by atoms with Crippen molar-refractivity contribution in [1.29, 1.82) is 0 Å². The van der Waals surface area contributed by atoms with Crippen LogP contribution in [-0.2, 0) is 0 Å². The largest absolute Gasteiger partial charge is 0.489 e. The minimum absolute atomic E-state index is 0.131. The van der Waals surface area contributed by atoms with Gasteiger partial charge in [-0.2, -0.15) is 0 Å². The molecule has 0 radical (unpaired) electrons. The smallest absolute Gasteiger partial charge is 0.273 e. The molecular formula is C11H13BrN2O2. The van der Waals surface area contributed by atoms with Crippen LogP contribution in [0.1, 0.15) is 23.3 Å². The molecule has 0 spiro atoms. The van der Waals surface area contributed by atoms with Gasteiger partial charge in [0.25, 0.3) is 5.91 Å². The quantitative estimate of drug-likeness (QED) is 0.854. The molecule has 1 saturated carbocycles. The van der Waals surface area contributed by atoms with Gasteiger partial charge in [-0.1, -0.05) is 0 Å². The van der Waals surface area contributed by atoms with Gasteiger partial charge >= 0.3 is 0 Å². The van der Waals surface area contributed by atoms with Gasteiger partial charge < -0.3 is 9.64 Å². The molecular weight excluding hydrogens is 272 g/mol. The second-order valence-electron chi connectivity index (χ2n) is 3.99. The third kappa shape index (κ3) is 2.35. The minimum Gasteiger partial charge on any atom is -0.489 e. The number of pyridine rings is 1. The van der Waals surface area contributed by atoms with E-state index in [0.717, 1.165) is 12.8 Å². The molecule has 0 aromatic carbocycles. The summed E-state index contributed by atoms with van der Waals surface area (Å²) in [5, 5.41) is 0. The molecule has 1 aromatic heterocycles. The van der Waals surface area contributed by atoms with Crippen LogP contribution in [0, 0.1) is 0 Å². The lowest BCUT2D eigenvalue weighted by atomic mass is 10.3. The summed E-state index contributed by atoms with van der Waals surface area (Å²) >= 11 is 3.37. The highest BCUT2D eigenvalue weighted by Gasteiger charge is 2.26. The predicted octanol–water partition coefficient (Wildman–Crippen LogP) is 2.09. The van der Waals surface area contributed by atoms with Gasteiger partial charge in [0.1, 0.15) is 11.4 Å². The van der Waals surface area contributed by atoms with E-state index in [9.17, 15) is 4.79 Å². The van der Waals surface area contributed by atoms with Gasteiger partial charge in [0.05, 0.1) is 10.6 Å². The van der Waals surface area contributed by atoms with E-state index in [0.29, 0.717) is 22.0 Å². The third-order valence-corrected chi connectivity index (χ3v) is 3.05. The summed E-state index contributed by atoms with van der Waals surface area (Å²) in [6.07, 6.45) is 4.08. The van der Waals surface area contributed by atoms with Gasteiger partial charge in [0, 0.05) is 20.3 Å². The highest BCUT2D eigenvalue weighted by atomic mass is 79.9. The van der Waals surface area contributed by atoms with E-state index in [4.69, 9.17) is 4.74 Å². The Morgan fingerprint density at radius 2 is 2.25 bits per heavy atom. The van der Waals surface area contributed by atoms with Crippen molar-refractivity contribution in [2.24, 2.45) is 0 Å². The zero-order valence-electron chi connectivity index (χ0n) is 9.24. The van der Waals surface area contributed by atoms with Crippen LogP contribution in [0.25, 0.3) is 0 Å². The Morgan fingerprint density at radius 3 is 2.81 bits per heavy atom. The van der Waals surface area contributed by atoms with E-state index >= 15 is 0 Å². The SMILES string of the molecule is CN(C)C(=O)c1nccc(OC2CC2)c1Br. The van der Waals surface area contributed by atoms with E-state index in [2.05, 4.69) is 20.9 Å². The second-order valence-corrected chi connectivity index (χ2v) is 4.78. The highest BCUT2D eigenvalue weighted by molar-refractivity contribution is 9.10. The van der Waals surface area contributed by atoms with Gasteiger partial charge in [-0.3, -0.25) is 4.79 Å². The maximum Gasteiger partial charge on any atom is 0.273 e. The van der Waals surface area contributed by atoms with Crippen molar-refractivity contribution in [2.75, 3.05) is 14.1 Å². The normalized spacial score (nSPS) is 14.7. The van der Waals surface area contributed by atoms with E-state index in [1.807, 2.05) is 0 Å². The number of hydrogen-bond donors (Lipinski definition) is 0. The number of rotatable bonds is 3. The summed E-state index contributed by atoms with van der Waals surface area (Å²) in [4.78, 5) is 17.4. The van der Waals surface area contributed by atoms with Crippen molar-refractivity contribution in [3.8, 4) is 5.75 Å². The Morgan fingerprint density at radius 1 is 1.56 bits per heavy atom. The molecule has 5 heteroatoms. The first-order valence-corrected chi connectivity index (χ1v) is 5.91. The Balaban J connectivity index is 2.27. The van der Waals surface area contributed by atoms with E-state index < -0.39 is 0 Å². The van der Waals surface area contributed by atoms with Crippen molar-refractivity contribution < 1.29 is 9.53 Å². The average molecular weight is 285 g/mol. The van der Waals surface area contributed by atoms with Gasteiger partial charge in [-0.15, -0.1) is 0 Å². The predicted molar refractivity (Wildman–Crippen MR) is 63.6 cm³/mol. The standard InChI is InChI=1S/C11H13BrN2O2/c1-14(2)11(15)10-9(12)8(5-6-13-10)16-7-3-4-7/h5-7H,3-4H2,1-2H3. The molecule has 0 saturated heterocycles. The van der Waals surface area contributed by atoms with Crippen molar-refractivity contribution in [1.82, 2.24) is 9.88 Å². The van der Waals surface area contributed by atoms with Crippen LogP contribution in [-0.4, -0.2) is 36.0 Å². The molecule has 1 aliphatic rings. The zero-order chi connectivity index (χ0) is 11.7. The first-order valence-electron chi connectivity index (χ1n) is 5.12. The van der Waals surface area contributed by atoms with Gasteiger partial charge in [0.2, 0.25) is 0 Å². The second kappa shape index (κ2) is 4.41. The fourth-order valence-electron chi connectivity index (χ4n) is 1.24. The number of amides is 1. The molecule has 1 aliphatic carbocycles. The monoisotopic (exact) mass is 284 g/mol. The number of ether oxygens (including phenoxy) is 1. The van der Waals surface area contributed by atoms with Crippen LogP contribution in [0.15, 0.2) is 16.7 Å². The fraction of sp³-hybridized carbons (Fsp3) is 0.455. The molecule has 2 rings (SSSR count). The maximum atomic E-state index is 11.8. The molecule has 16 heavy (non-hydrogen) atoms. The number of aromatic nitrogens is 1. The van der Waals surface area contributed by atoms with Crippen LogP contribution >= 0.6 is 15.9 Å². The Labute approximate surface area is 103 Å². The molecule has 0 bridgehead atoms. The number of carbonyl (C=O) groups excluding carboxylic acids is 1. The van der Waals surface area contributed by atoms with Crippen LogP contribution in [0.5, 0.6) is 5.75 Å². The van der Waals surface area contributed by atoms with E-state index in [1.54, 1.807) is 26.4 Å². The van der Waals surface area contributed by atoms with E-state index in [-0.39, 0.29) is 5.91 Å². The van der Waals surface area contributed by atoms with Crippen LogP contribution < -0.4 is 4.74 Å². The summed E-state index contributed by atoms with van der Waals surface area (Å²) in [6, 6.07) is 1.77. The molecule has 0 N–H and O–H groups in total. The number of hydrogen-bond acceptors (Lipinski definition) is 3. The molecule has 4 nitrogen and oxygen atoms in total. The minimum atomic E-state index is -0.131. The topological polar surface area (TPSA) is 42.4 Å². The lowest BCUT2D eigenvalue weighted by Crippen LogP contribution is -2.23. The first-order chi connectivity index (χ1) is 7.59. The van der Waals surface area contributed by atoms with Gasteiger partial charge in [0.15, 0.2) is 0 Å². The summed E-state index contributed by atoms with van der Waals surface area (Å²) in [7, 11) is 3.40. The summed E-state index contributed by atoms with van der Waals surface area (Å²) in [5.74, 6) is 0.566. The van der Waals surface area contributed by atoms with Crippen LogP contribution in [0.4, 0.5) is 0 Å². The lowest BCUT2D eigenvalue weighted by molar-refractivity contribution is 0.0820. The van der Waals surface area contributed by atoms with Gasteiger partial charge in [-0.25, -0.2) is 4.98 Å². The number of carbonyl (C=O) groups is 1. The number of halogens is 1. The number of nitrogens with zero attached hydrogens (tertiary/aromatic N) is 2. The van der Waals surface area contributed by atoms with Crippen LogP contribution in [0.3, 0.4) is 0 Å². The Bertz CT molecular complexity index is 416. The third-order valence-electron chi connectivity index (χ3n) is 2.28. The zero-order valence-corrected chi connectivity index (χ0v) is 10.8. The first kappa shape index (κ1) is 11.4. The molecule has 0 aliphatic heterocycles. The lowest BCUT2D eigenvalue weighted by Gasteiger charge is -2.13. The highest BCUT2D eigenvalue weighted by Crippen LogP contribution is 2.33. The molecule has 86 valence electrons. The average Bonchev–Trinajstić information content (AvgIpc) is 3.04. The fourth-order valence-corrected chi connectivity index (χ4v) is 1.74. The molecule has 0 unspecified atom stereocenters. The van der Waals surface area contributed by atoms with Crippen molar-refractivity contribution in [2.45, 2.75) is 18.9 Å². The van der Waals surface area contributed by atoms with Crippen molar-refractivity contribution in [3.05, 3.63) is 22.4 Å². The summed E-state index contributed by atoms with van der Waals surface area (Å²) in [5.41, 5.74) is 0.392. The summed E-state index contributed by atoms with van der Waals surface area (Å²) in [6.45, 7) is 0. The molecule has 0 atom stereocenters. The molecule has 1 fully saturated rings.